The quantitative estimate of drug-likeness (QED) is 0.336. The van der Waals surface area contributed by atoms with Gasteiger partial charge in [0.25, 0.3) is 0 Å². The van der Waals surface area contributed by atoms with Gasteiger partial charge in [0.15, 0.2) is 16.8 Å². The highest BCUT2D eigenvalue weighted by atomic mass is 32.2. The summed E-state index contributed by atoms with van der Waals surface area (Å²) in [6.45, 7) is 0.484. The highest BCUT2D eigenvalue weighted by molar-refractivity contribution is 7.99. The lowest BCUT2D eigenvalue weighted by Crippen LogP contribution is -2.09. The molecule has 0 bridgehead atoms. The number of hydrogen-bond acceptors (Lipinski definition) is 4. The van der Waals surface area contributed by atoms with Gasteiger partial charge in [-0.2, -0.15) is 0 Å². The van der Waals surface area contributed by atoms with E-state index in [1.807, 2.05) is 54.2 Å². The molecule has 0 aliphatic rings. The molecule has 0 atom stereocenters. The van der Waals surface area contributed by atoms with E-state index < -0.39 is 0 Å². The highest BCUT2D eigenvalue weighted by Gasteiger charge is 2.19. The first-order valence-corrected chi connectivity index (χ1v) is 10.1. The van der Waals surface area contributed by atoms with Crippen molar-refractivity contribution in [1.82, 2.24) is 19.3 Å². The summed E-state index contributed by atoms with van der Waals surface area (Å²) < 4.78 is 18.1. The Kier molecular flexibility index (Phi) is 5.57. The van der Waals surface area contributed by atoms with Crippen LogP contribution >= 0.6 is 11.8 Å². The average Bonchev–Trinajstić information content (AvgIpc) is 3.34. The Bertz CT molecular complexity index is 1140. The molecule has 0 N–H and O–H groups in total. The minimum Gasteiger partial charge on any atom is -0.348 e. The van der Waals surface area contributed by atoms with Crippen LogP contribution in [-0.4, -0.2) is 30.9 Å². The van der Waals surface area contributed by atoms with Crippen LogP contribution in [0, 0.1) is 5.82 Å². The molecule has 0 aliphatic carbocycles. The SMILES string of the molecule is Cn1cccc1C(=O)CSc1nnc(-c2ccccc2F)n1Cc1ccccc1. The van der Waals surface area contributed by atoms with Crippen LogP contribution in [0.5, 0.6) is 0 Å². The van der Waals surface area contributed by atoms with Crippen LogP contribution in [0.15, 0.2) is 78.1 Å². The molecule has 146 valence electrons. The maximum atomic E-state index is 14.4. The number of nitrogens with zero attached hydrogens (tertiary/aromatic N) is 4. The van der Waals surface area contributed by atoms with E-state index >= 15 is 0 Å². The number of halogens is 1. The summed E-state index contributed by atoms with van der Waals surface area (Å²) in [6.07, 6.45) is 1.84. The van der Waals surface area contributed by atoms with E-state index in [4.69, 9.17) is 0 Å². The van der Waals surface area contributed by atoms with Gasteiger partial charge < -0.3 is 4.57 Å². The van der Waals surface area contributed by atoms with E-state index in [0.717, 1.165) is 5.56 Å². The monoisotopic (exact) mass is 406 g/mol. The molecule has 5 nitrogen and oxygen atoms in total. The Balaban J connectivity index is 1.65. The zero-order chi connectivity index (χ0) is 20.2. The number of rotatable bonds is 7. The topological polar surface area (TPSA) is 52.7 Å². The fraction of sp³-hybridized carbons (Fsp3) is 0.136. The molecule has 0 fully saturated rings. The van der Waals surface area contributed by atoms with Crippen LogP contribution < -0.4 is 0 Å². The number of aromatic nitrogens is 4. The molecule has 0 saturated carbocycles. The van der Waals surface area contributed by atoms with Crippen molar-refractivity contribution in [3.05, 3.63) is 90.0 Å². The molecule has 4 rings (SSSR count). The Morgan fingerprint density at radius 1 is 1.00 bits per heavy atom. The second-order valence-electron chi connectivity index (χ2n) is 6.57. The van der Waals surface area contributed by atoms with Gasteiger partial charge in [-0.05, 0) is 29.8 Å². The van der Waals surface area contributed by atoms with Gasteiger partial charge in [-0.15, -0.1) is 10.2 Å². The maximum absolute atomic E-state index is 14.4. The fourth-order valence-corrected chi connectivity index (χ4v) is 3.91. The van der Waals surface area contributed by atoms with Gasteiger partial charge in [0.2, 0.25) is 0 Å². The van der Waals surface area contributed by atoms with Crippen molar-refractivity contribution in [3.8, 4) is 11.4 Å². The molecule has 0 amide bonds. The van der Waals surface area contributed by atoms with E-state index in [1.54, 1.807) is 28.8 Å². The number of hydrogen-bond donors (Lipinski definition) is 0. The second-order valence-corrected chi connectivity index (χ2v) is 7.52. The molecule has 0 spiro atoms. The van der Waals surface area contributed by atoms with Crippen LogP contribution in [0.1, 0.15) is 16.1 Å². The number of benzene rings is 2. The molecule has 29 heavy (non-hydrogen) atoms. The van der Waals surface area contributed by atoms with Gasteiger partial charge in [0.05, 0.1) is 23.6 Å². The first-order valence-electron chi connectivity index (χ1n) is 9.13. The molecule has 0 aliphatic heterocycles. The van der Waals surface area contributed by atoms with Crippen LogP contribution in [0.4, 0.5) is 4.39 Å². The first kappa shape index (κ1) is 19.1. The first-order chi connectivity index (χ1) is 14.1. The lowest BCUT2D eigenvalue weighted by Gasteiger charge is -2.11. The minimum atomic E-state index is -0.356. The van der Waals surface area contributed by atoms with E-state index in [0.29, 0.717) is 28.8 Å². The Morgan fingerprint density at radius 3 is 2.48 bits per heavy atom. The lowest BCUT2D eigenvalue weighted by molar-refractivity contribution is 0.101. The van der Waals surface area contributed by atoms with E-state index in [-0.39, 0.29) is 17.4 Å². The summed E-state index contributed by atoms with van der Waals surface area (Å²) in [4.78, 5) is 12.5. The van der Waals surface area contributed by atoms with Crippen molar-refractivity contribution in [2.24, 2.45) is 7.05 Å². The lowest BCUT2D eigenvalue weighted by atomic mass is 10.2. The van der Waals surface area contributed by atoms with E-state index in [2.05, 4.69) is 10.2 Å². The zero-order valence-corrected chi connectivity index (χ0v) is 16.6. The third-order valence-corrected chi connectivity index (χ3v) is 5.54. The second kappa shape index (κ2) is 8.45. The summed E-state index contributed by atoms with van der Waals surface area (Å²) >= 11 is 1.31. The molecule has 2 heterocycles. The Labute approximate surface area is 172 Å². The Morgan fingerprint density at radius 2 is 1.76 bits per heavy atom. The molecular formula is C22H19FN4OS. The maximum Gasteiger partial charge on any atom is 0.192 e. The summed E-state index contributed by atoms with van der Waals surface area (Å²) in [7, 11) is 1.84. The van der Waals surface area contributed by atoms with Gasteiger partial charge in [-0.3, -0.25) is 9.36 Å². The summed E-state index contributed by atoms with van der Waals surface area (Å²) in [6, 6.07) is 20.0. The van der Waals surface area contributed by atoms with Crippen LogP contribution in [-0.2, 0) is 13.6 Å². The fourth-order valence-electron chi connectivity index (χ4n) is 3.10. The van der Waals surface area contributed by atoms with Crippen molar-refractivity contribution in [2.45, 2.75) is 11.7 Å². The molecule has 2 aromatic heterocycles. The molecule has 0 unspecified atom stereocenters. The predicted molar refractivity (Wildman–Crippen MR) is 111 cm³/mol. The van der Waals surface area contributed by atoms with Crippen LogP contribution in [0.3, 0.4) is 0 Å². The number of Topliss-reactive ketones (excluding diaryl/α,β-unsaturated/α-hetero) is 1. The summed E-state index contributed by atoms with van der Waals surface area (Å²) in [5.41, 5.74) is 2.07. The van der Waals surface area contributed by atoms with Gasteiger partial charge in [0.1, 0.15) is 5.82 Å². The van der Waals surface area contributed by atoms with E-state index in [1.165, 1.54) is 17.8 Å². The minimum absolute atomic E-state index is 0.00389. The molecule has 7 heteroatoms. The molecule has 0 saturated heterocycles. The van der Waals surface area contributed by atoms with Crippen molar-refractivity contribution < 1.29 is 9.18 Å². The predicted octanol–water partition coefficient (Wildman–Crippen LogP) is 4.45. The smallest absolute Gasteiger partial charge is 0.192 e. The molecule has 2 aromatic carbocycles. The van der Waals surface area contributed by atoms with Crippen LogP contribution in [0.2, 0.25) is 0 Å². The van der Waals surface area contributed by atoms with Gasteiger partial charge >= 0.3 is 0 Å². The number of carbonyl (C=O) groups is 1. The van der Waals surface area contributed by atoms with Gasteiger partial charge in [-0.1, -0.05) is 54.2 Å². The third-order valence-electron chi connectivity index (χ3n) is 4.58. The van der Waals surface area contributed by atoms with Crippen molar-refractivity contribution in [1.29, 1.82) is 0 Å². The average molecular weight is 406 g/mol. The van der Waals surface area contributed by atoms with Crippen molar-refractivity contribution >= 4 is 17.5 Å². The summed E-state index contributed by atoms with van der Waals surface area (Å²) in [5, 5.41) is 9.07. The van der Waals surface area contributed by atoms with Gasteiger partial charge in [0, 0.05) is 13.2 Å². The Hall–Kier alpha value is -3.19. The van der Waals surface area contributed by atoms with Crippen molar-refractivity contribution in [2.75, 3.05) is 5.75 Å². The van der Waals surface area contributed by atoms with Crippen molar-refractivity contribution in [3.63, 3.8) is 0 Å². The van der Waals surface area contributed by atoms with Crippen LogP contribution in [0.25, 0.3) is 11.4 Å². The normalized spacial score (nSPS) is 11.0. The number of thioether (sulfide) groups is 1. The molecular weight excluding hydrogens is 387 g/mol. The highest BCUT2D eigenvalue weighted by Crippen LogP contribution is 2.27. The van der Waals surface area contributed by atoms with E-state index in [9.17, 15) is 9.18 Å². The van der Waals surface area contributed by atoms with Gasteiger partial charge in [-0.25, -0.2) is 4.39 Å². The zero-order valence-electron chi connectivity index (χ0n) is 15.8. The number of ketones is 1. The largest absolute Gasteiger partial charge is 0.348 e. The molecule has 0 radical (unpaired) electrons. The number of aryl methyl sites for hydroxylation is 1. The standard InChI is InChI=1S/C22H19FN4OS/c1-26-13-7-12-19(26)20(28)15-29-22-25-24-21(17-10-5-6-11-18(17)23)27(22)14-16-8-3-2-4-9-16/h2-13H,14-15H2,1H3. The number of carbonyl (C=O) groups excluding carboxylic acids is 1. The third kappa shape index (κ3) is 4.14. The molecule has 4 aromatic rings. The summed E-state index contributed by atoms with van der Waals surface area (Å²) in [5.74, 6) is 0.317.